The molecule has 0 saturated carbocycles. The second-order valence-electron chi connectivity index (χ2n) is 4.02. The Morgan fingerprint density at radius 2 is 1.94 bits per heavy atom. The van der Waals surface area contributed by atoms with Crippen molar-refractivity contribution in [2.45, 2.75) is 33.9 Å². The number of anilines is 1. The Bertz CT molecular complexity index is 494. The van der Waals surface area contributed by atoms with Crippen LogP contribution in [0.1, 0.15) is 17.0 Å². The van der Waals surface area contributed by atoms with Crippen molar-refractivity contribution < 1.29 is 0 Å². The third-order valence-corrected chi connectivity index (χ3v) is 2.95. The van der Waals surface area contributed by atoms with Crippen molar-refractivity contribution in [1.82, 2.24) is 19.6 Å². The van der Waals surface area contributed by atoms with Crippen LogP contribution in [0.25, 0.3) is 0 Å². The van der Waals surface area contributed by atoms with Crippen molar-refractivity contribution in [3.8, 4) is 0 Å². The molecule has 0 bridgehead atoms. The fourth-order valence-electron chi connectivity index (χ4n) is 1.70. The van der Waals surface area contributed by atoms with Crippen molar-refractivity contribution in [2.24, 2.45) is 0 Å². The minimum absolute atomic E-state index is 0.560. The van der Waals surface area contributed by atoms with E-state index >= 15 is 0 Å². The van der Waals surface area contributed by atoms with Gasteiger partial charge in [0.25, 0.3) is 0 Å². The summed E-state index contributed by atoms with van der Waals surface area (Å²) in [5.74, 6) is 0.560. The molecule has 2 heterocycles. The Labute approximate surface area is 94.9 Å². The van der Waals surface area contributed by atoms with Gasteiger partial charge in [-0.2, -0.15) is 10.2 Å². The molecule has 2 N–H and O–H groups in total. The first kappa shape index (κ1) is 10.7. The van der Waals surface area contributed by atoms with E-state index in [0.29, 0.717) is 5.82 Å². The number of rotatable bonds is 3. The second-order valence-corrected chi connectivity index (χ2v) is 4.02. The van der Waals surface area contributed by atoms with Crippen LogP contribution in [-0.2, 0) is 13.1 Å². The van der Waals surface area contributed by atoms with E-state index in [0.717, 1.165) is 18.8 Å². The summed E-state index contributed by atoms with van der Waals surface area (Å²) in [4.78, 5) is 0. The van der Waals surface area contributed by atoms with Gasteiger partial charge in [-0.15, -0.1) is 0 Å². The number of nitrogens with zero attached hydrogens (tertiary/aromatic N) is 4. The molecule has 86 valence electrons. The van der Waals surface area contributed by atoms with Gasteiger partial charge in [0.1, 0.15) is 5.82 Å². The zero-order valence-corrected chi connectivity index (χ0v) is 9.94. The highest BCUT2D eigenvalue weighted by Gasteiger charge is 2.06. The lowest BCUT2D eigenvalue weighted by molar-refractivity contribution is 0.491. The lowest BCUT2D eigenvalue weighted by atomic mass is 10.2. The molecule has 5 nitrogen and oxygen atoms in total. The predicted molar refractivity (Wildman–Crippen MR) is 63.1 cm³/mol. The molecule has 0 spiro atoms. The molecule has 0 saturated heterocycles. The highest BCUT2D eigenvalue weighted by molar-refractivity contribution is 5.24. The van der Waals surface area contributed by atoms with Crippen LogP contribution in [0.5, 0.6) is 0 Å². The molecular weight excluding hydrogens is 202 g/mol. The Morgan fingerprint density at radius 1 is 1.19 bits per heavy atom. The summed E-state index contributed by atoms with van der Waals surface area (Å²) in [6, 6.07) is 1.80. The van der Waals surface area contributed by atoms with Crippen LogP contribution in [0.3, 0.4) is 0 Å². The Kier molecular flexibility index (Phi) is 2.68. The summed E-state index contributed by atoms with van der Waals surface area (Å²) in [6.45, 7) is 7.83. The normalized spacial score (nSPS) is 10.9. The first-order chi connectivity index (χ1) is 7.58. The molecule has 0 amide bonds. The summed E-state index contributed by atoms with van der Waals surface area (Å²) in [6.07, 6.45) is 1.88. The second kappa shape index (κ2) is 4.00. The highest BCUT2D eigenvalue weighted by Crippen LogP contribution is 2.10. The van der Waals surface area contributed by atoms with Crippen LogP contribution in [0, 0.1) is 20.8 Å². The van der Waals surface area contributed by atoms with Gasteiger partial charge >= 0.3 is 0 Å². The molecule has 16 heavy (non-hydrogen) atoms. The van der Waals surface area contributed by atoms with Crippen LogP contribution in [0.4, 0.5) is 5.82 Å². The van der Waals surface area contributed by atoms with Gasteiger partial charge in [0, 0.05) is 11.9 Å². The fraction of sp³-hybridized carbons (Fsp3) is 0.455. The minimum atomic E-state index is 0.560. The molecular formula is C11H17N5. The topological polar surface area (TPSA) is 61.7 Å². The SMILES string of the molecule is Cc1nn(CCn2ccc(N)n2)c(C)c1C. The number of nitrogen functional groups attached to an aromatic ring is 1. The maximum Gasteiger partial charge on any atom is 0.145 e. The first-order valence-electron chi connectivity index (χ1n) is 5.37. The predicted octanol–water partition coefficient (Wildman–Crippen LogP) is 1.29. The quantitative estimate of drug-likeness (QED) is 0.846. The summed E-state index contributed by atoms with van der Waals surface area (Å²) in [5, 5.41) is 8.61. The zero-order valence-electron chi connectivity index (χ0n) is 9.94. The molecule has 5 heteroatoms. The molecule has 2 rings (SSSR count). The van der Waals surface area contributed by atoms with Crippen LogP contribution >= 0.6 is 0 Å². The molecule has 2 aromatic heterocycles. The van der Waals surface area contributed by atoms with Crippen molar-refractivity contribution in [1.29, 1.82) is 0 Å². The van der Waals surface area contributed by atoms with Gasteiger partial charge < -0.3 is 5.73 Å². The molecule has 2 aromatic rings. The van der Waals surface area contributed by atoms with Gasteiger partial charge in [0.05, 0.1) is 18.8 Å². The molecule has 0 aliphatic heterocycles. The third kappa shape index (κ3) is 1.93. The summed E-state index contributed by atoms with van der Waals surface area (Å²) >= 11 is 0. The van der Waals surface area contributed by atoms with Gasteiger partial charge in [0.2, 0.25) is 0 Å². The smallest absolute Gasteiger partial charge is 0.145 e. The minimum Gasteiger partial charge on any atom is -0.382 e. The standard InChI is InChI=1S/C11H17N5/c1-8-9(2)13-16(10(8)3)7-6-15-5-4-11(12)14-15/h4-5H,6-7H2,1-3H3,(H2,12,14). The van der Waals surface area contributed by atoms with Crippen LogP contribution < -0.4 is 5.73 Å². The van der Waals surface area contributed by atoms with E-state index < -0.39 is 0 Å². The number of hydrogen-bond acceptors (Lipinski definition) is 3. The number of hydrogen-bond donors (Lipinski definition) is 1. The molecule has 0 aliphatic rings. The average molecular weight is 219 g/mol. The summed E-state index contributed by atoms with van der Waals surface area (Å²) < 4.78 is 3.85. The largest absolute Gasteiger partial charge is 0.382 e. The molecule has 0 atom stereocenters. The van der Waals surface area contributed by atoms with Gasteiger partial charge in [-0.1, -0.05) is 0 Å². The van der Waals surface area contributed by atoms with Gasteiger partial charge in [-0.25, -0.2) is 0 Å². The monoisotopic (exact) mass is 219 g/mol. The van der Waals surface area contributed by atoms with E-state index in [2.05, 4.69) is 24.0 Å². The number of nitrogens with two attached hydrogens (primary N) is 1. The maximum atomic E-state index is 5.55. The average Bonchev–Trinajstić information content (AvgIpc) is 2.76. The maximum absolute atomic E-state index is 5.55. The van der Waals surface area contributed by atoms with Crippen LogP contribution in [0.2, 0.25) is 0 Å². The van der Waals surface area contributed by atoms with Gasteiger partial charge in [-0.05, 0) is 32.4 Å². The number of aryl methyl sites for hydroxylation is 3. The summed E-state index contributed by atoms with van der Waals surface area (Å²) in [7, 11) is 0. The van der Waals surface area contributed by atoms with E-state index in [-0.39, 0.29) is 0 Å². The lowest BCUT2D eigenvalue weighted by Crippen LogP contribution is -2.10. The molecule has 0 fully saturated rings. The van der Waals surface area contributed by atoms with E-state index in [1.54, 1.807) is 6.07 Å². The highest BCUT2D eigenvalue weighted by atomic mass is 15.3. The third-order valence-electron chi connectivity index (χ3n) is 2.95. The summed E-state index contributed by atoms with van der Waals surface area (Å²) in [5.41, 5.74) is 9.13. The van der Waals surface area contributed by atoms with E-state index in [1.807, 2.05) is 22.5 Å². The fourth-order valence-corrected chi connectivity index (χ4v) is 1.70. The molecule has 0 unspecified atom stereocenters. The van der Waals surface area contributed by atoms with E-state index in [4.69, 9.17) is 5.73 Å². The Hall–Kier alpha value is -1.78. The van der Waals surface area contributed by atoms with Gasteiger partial charge in [0.15, 0.2) is 0 Å². The van der Waals surface area contributed by atoms with Crippen LogP contribution in [-0.4, -0.2) is 19.6 Å². The lowest BCUT2D eigenvalue weighted by Gasteiger charge is -2.04. The van der Waals surface area contributed by atoms with Crippen molar-refractivity contribution in [2.75, 3.05) is 5.73 Å². The van der Waals surface area contributed by atoms with Crippen molar-refractivity contribution in [3.05, 3.63) is 29.2 Å². The Balaban J connectivity index is 2.07. The van der Waals surface area contributed by atoms with E-state index in [1.165, 1.54) is 11.3 Å². The number of aromatic nitrogens is 4. The van der Waals surface area contributed by atoms with Crippen LogP contribution in [0.15, 0.2) is 12.3 Å². The molecule has 0 radical (unpaired) electrons. The van der Waals surface area contributed by atoms with Gasteiger partial charge in [-0.3, -0.25) is 9.36 Å². The zero-order chi connectivity index (χ0) is 11.7. The molecule has 0 aromatic carbocycles. The Morgan fingerprint density at radius 3 is 2.44 bits per heavy atom. The first-order valence-corrected chi connectivity index (χ1v) is 5.37. The molecule has 0 aliphatic carbocycles. The van der Waals surface area contributed by atoms with Crippen molar-refractivity contribution >= 4 is 5.82 Å². The van der Waals surface area contributed by atoms with Crippen molar-refractivity contribution in [3.63, 3.8) is 0 Å². The van der Waals surface area contributed by atoms with E-state index in [9.17, 15) is 0 Å².